The molecule has 152 valence electrons. The molecule has 0 spiro atoms. The zero-order chi connectivity index (χ0) is 19.4. The smallest absolute Gasteiger partial charge is 0.303 e. The number of aliphatic hydroxyl groups is 1. The zero-order valence-corrected chi connectivity index (χ0v) is 17.7. The van der Waals surface area contributed by atoms with Crippen LogP contribution in [0.3, 0.4) is 0 Å². The normalized spacial score (nSPS) is 51.9. The number of hydrogen-bond acceptors (Lipinski definition) is 2. The van der Waals surface area contributed by atoms with Gasteiger partial charge in [-0.05, 0) is 111 Å². The number of fused-ring (bicyclic) bond motifs is 5. The Morgan fingerprint density at radius 1 is 1.00 bits per heavy atom. The summed E-state index contributed by atoms with van der Waals surface area (Å²) in [5.41, 5.74) is 0.444. The lowest BCUT2D eigenvalue weighted by molar-refractivity contribution is -0.137. The molecule has 3 nitrogen and oxygen atoms in total. The standard InChI is InChI=1S/C23H39BO3/c1-21-11-10-19-17(18(21)9-7-15(21)4-3-5-20(25)26)8-6-16-14-23(24,27)13-12-22(16,19)2/h15-19,27H,3-14,24H2,1-2H3,(H,25,26)/t15-,16?,17-,18-,19-,21+,22-,23-/m0/s1. The monoisotopic (exact) mass is 374 g/mol. The molecular weight excluding hydrogens is 335 g/mol. The van der Waals surface area contributed by atoms with Crippen LogP contribution < -0.4 is 0 Å². The van der Waals surface area contributed by atoms with E-state index in [-0.39, 0.29) is 0 Å². The molecule has 2 N–H and O–H groups in total. The van der Waals surface area contributed by atoms with Gasteiger partial charge >= 0.3 is 5.97 Å². The fourth-order valence-corrected chi connectivity index (χ4v) is 8.51. The van der Waals surface area contributed by atoms with Crippen LogP contribution in [0.25, 0.3) is 0 Å². The predicted molar refractivity (Wildman–Crippen MR) is 110 cm³/mol. The van der Waals surface area contributed by atoms with Gasteiger partial charge in [-0.25, -0.2) is 0 Å². The molecule has 4 saturated carbocycles. The van der Waals surface area contributed by atoms with Crippen LogP contribution in [-0.2, 0) is 4.79 Å². The van der Waals surface area contributed by atoms with Crippen molar-refractivity contribution in [1.82, 2.24) is 0 Å². The third-order valence-corrected chi connectivity index (χ3v) is 10.1. The molecule has 8 atom stereocenters. The number of carboxylic acids is 1. The van der Waals surface area contributed by atoms with Crippen LogP contribution in [0.4, 0.5) is 0 Å². The third kappa shape index (κ3) is 3.28. The van der Waals surface area contributed by atoms with Crippen molar-refractivity contribution in [2.75, 3.05) is 0 Å². The maximum Gasteiger partial charge on any atom is 0.303 e. The second-order valence-electron chi connectivity index (χ2n) is 11.5. The van der Waals surface area contributed by atoms with Crippen molar-refractivity contribution >= 4 is 13.8 Å². The van der Waals surface area contributed by atoms with Crippen LogP contribution >= 0.6 is 0 Å². The van der Waals surface area contributed by atoms with Crippen molar-refractivity contribution in [1.29, 1.82) is 0 Å². The van der Waals surface area contributed by atoms with Crippen LogP contribution in [0.15, 0.2) is 0 Å². The van der Waals surface area contributed by atoms with Gasteiger partial charge in [-0.1, -0.05) is 13.8 Å². The van der Waals surface area contributed by atoms with E-state index in [1.165, 1.54) is 44.9 Å². The average molecular weight is 374 g/mol. The maximum atomic E-state index is 10.9. The average Bonchev–Trinajstić information content (AvgIpc) is 2.92. The lowest BCUT2D eigenvalue weighted by atomic mass is 9.42. The van der Waals surface area contributed by atoms with E-state index >= 15 is 0 Å². The molecule has 0 aliphatic heterocycles. The summed E-state index contributed by atoms with van der Waals surface area (Å²) in [5, 5.41) is 19.6. The minimum absolute atomic E-state index is 0.336. The molecule has 1 unspecified atom stereocenters. The Balaban J connectivity index is 1.48. The second-order valence-corrected chi connectivity index (χ2v) is 11.5. The molecule has 27 heavy (non-hydrogen) atoms. The van der Waals surface area contributed by atoms with E-state index in [1.807, 2.05) is 0 Å². The molecule has 4 fully saturated rings. The summed E-state index contributed by atoms with van der Waals surface area (Å²) in [7, 11) is 2.05. The van der Waals surface area contributed by atoms with E-state index in [9.17, 15) is 9.90 Å². The summed E-state index contributed by atoms with van der Waals surface area (Å²) in [6.45, 7) is 5.11. The summed E-state index contributed by atoms with van der Waals surface area (Å²) >= 11 is 0. The Hall–Kier alpha value is -0.505. The van der Waals surface area contributed by atoms with Gasteiger partial charge in [-0.15, -0.1) is 0 Å². The molecule has 0 aromatic heterocycles. The van der Waals surface area contributed by atoms with Gasteiger partial charge in [-0.3, -0.25) is 4.79 Å². The van der Waals surface area contributed by atoms with Crippen molar-refractivity contribution in [3.8, 4) is 0 Å². The summed E-state index contributed by atoms with van der Waals surface area (Å²) < 4.78 is 0. The molecule has 4 heteroatoms. The van der Waals surface area contributed by atoms with Gasteiger partial charge in [0.05, 0.1) is 0 Å². The number of hydrogen-bond donors (Lipinski definition) is 2. The fourth-order valence-electron chi connectivity index (χ4n) is 8.51. The van der Waals surface area contributed by atoms with E-state index < -0.39 is 11.5 Å². The lowest BCUT2D eigenvalue weighted by Gasteiger charge is -2.62. The van der Waals surface area contributed by atoms with Crippen LogP contribution in [0.2, 0.25) is 0 Å². The molecular formula is C23H39BO3. The number of carbonyl (C=O) groups is 1. The SMILES string of the molecule is B[C@]1(O)CC[C@@]2(C)C(CC[C@H]3[C@@H]4CC[C@H](CCCC(=O)O)[C@@]4(C)CC[C@@H]32)C1. The van der Waals surface area contributed by atoms with Gasteiger partial charge in [0.1, 0.15) is 7.85 Å². The van der Waals surface area contributed by atoms with E-state index in [0.29, 0.717) is 23.2 Å². The molecule has 0 bridgehead atoms. The van der Waals surface area contributed by atoms with Gasteiger partial charge in [-0.2, -0.15) is 0 Å². The van der Waals surface area contributed by atoms with Crippen LogP contribution in [0.5, 0.6) is 0 Å². The van der Waals surface area contributed by atoms with Crippen molar-refractivity contribution in [3.05, 3.63) is 0 Å². The molecule has 0 saturated heterocycles. The molecule has 4 aliphatic carbocycles. The molecule has 0 amide bonds. The molecule has 0 aromatic rings. The highest BCUT2D eigenvalue weighted by Gasteiger charge is 2.60. The molecule has 0 aromatic carbocycles. The Labute approximate surface area is 166 Å². The minimum Gasteiger partial charge on any atom is -0.481 e. The minimum atomic E-state index is -0.641. The Morgan fingerprint density at radius 3 is 2.48 bits per heavy atom. The topological polar surface area (TPSA) is 57.5 Å². The predicted octanol–water partition coefficient (Wildman–Crippen LogP) is 4.22. The zero-order valence-electron chi connectivity index (χ0n) is 17.7. The van der Waals surface area contributed by atoms with Gasteiger partial charge in [0.2, 0.25) is 0 Å². The summed E-state index contributed by atoms with van der Waals surface area (Å²) in [4.78, 5) is 10.9. The Morgan fingerprint density at radius 2 is 1.74 bits per heavy atom. The van der Waals surface area contributed by atoms with Crippen molar-refractivity contribution in [2.45, 2.75) is 96.4 Å². The van der Waals surface area contributed by atoms with E-state index in [4.69, 9.17) is 5.11 Å². The lowest BCUT2D eigenvalue weighted by Crippen LogP contribution is -2.56. The van der Waals surface area contributed by atoms with Crippen molar-refractivity contribution in [3.63, 3.8) is 0 Å². The molecule has 0 heterocycles. The molecule has 4 aliphatic rings. The number of rotatable bonds is 4. The summed E-state index contributed by atoms with van der Waals surface area (Å²) in [5.74, 6) is 3.38. The Bertz CT molecular complexity index is 590. The van der Waals surface area contributed by atoms with Crippen molar-refractivity contribution < 1.29 is 15.0 Å². The molecule has 0 radical (unpaired) electrons. The van der Waals surface area contributed by atoms with Gasteiger partial charge in [0.25, 0.3) is 0 Å². The van der Waals surface area contributed by atoms with Gasteiger partial charge in [0.15, 0.2) is 0 Å². The first-order valence-corrected chi connectivity index (χ1v) is 11.6. The first kappa shape index (κ1) is 19.8. The quantitative estimate of drug-likeness (QED) is 0.725. The van der Waals surface area contributed by atoms with Gasteiger partial charge < -0.3 is 10.2 Å². The summed E-state index contributed by atoms with van der Waals surface area (Å²) in [6, 6.07) is 0. The fraction of sp³-hybridized carbons (Fsp3) is 0.957. The number of aliphatic carboxylic acids is 1. The van der Waals surface area contributed by atoms with E-state index in [1.54, 1.807) is 0 Å². The molecule has 4 rings (SSSR count). The van der Waals surface area contributed by atoms with Crippen LogP contribution in [0, 0.1) is 40.4 Å². The second kappa shape index (κ2) is 6.78. The van der Waals surface area contributed by atoms with E-state index in [2.05, 4.69) is 21.7 Å². The number of carboxylic acid groups (broad SMARTS) is 1. The highest BCUT2D eigenvalue weighted by molar-refractivity contribution is 6.14. The van der Waals surface area contributed by atoms with Crippen LogP contribution in [-0.4, -0.2) is 29.5 Å². The van der Waals surface area contributed by atoms with Gasteiger partial charge in [0, 0.05) is 11.9 Å². The van der Waals surface area contributed by atoms with Crippen molar-refractivity contribution in [2.24, 2.45) is 40.4 Å². The maximum absolute atomic E-state index is 10.9. The Kier molecular flexibility index (Phi) is 4.97. The summed E-state index contributed by atoms with van der Waals surface area (Å²) in [6.07, 6.45) is 13.6. The first-order chi connectivity index (χ1) is 12.7. The van der Waals surface area contributed by atoms with E-state index in [0.717, 1.165) is 49.4 Å². The first-order valence-electron chi connectivity index (χ1n) is 11.6. The third-order valence-electron chi connectivity index (χ3n) is 10.1. The highest BCUT2D eigenvalue weighted by atomic mass is 16.4. The highest BCUT2D eigenvalue weighted by Crippen LogP contribution is 2.68. The largest absolute Gasteiger partial charge is 0.481 e. The van der Waals surface area contributed by atoms with Crippen LogP contribution in [0.1, 0.15) is 90.9 Å².